The number of hydrogen-bond acceptors (Lipinski definition) is 3. The monoisotopic (exact) mass is 396 g/mol. The van der Waals surface area contributed by atoms with Crippen LogP contribution >= 0.6 is 11.6 Å². The average Bonchev–Trinajstić information content (AvgIpc) is 3.17. The van der Waals surface area contributed by atoms with Gasteiger partial charge in [-0.2, -0.15) is 5.10 Å². The van der Waals surface area contributed by atoms with Crippen LogP contribution in [0.5, 0.6) is 0 Å². The second-order valence-corrected chi connectivity index (χ2v) is 7.25. The predicted octanol–water partition coefficient (Wildman–Crippen LogP) is 6.11. The molecular formula is C24H17ClN4. The zero-order chi connectivity index (χ0) is 19.8. The first-order valence-electron chi connectivity index (χ1n) is 9.35. The van der Waals surface area contributed by atoms with Crippen molar-refractivity contribution in [1.82, 2.24) is 20.0 Å². The summed E-state index contributed by atoms with van der Waals surface area (Å²) in [6.07, 6.45) is 0. The number of halogens is 1. The van der Waals surface area contributed by atoms with Gasteiger partial charge in [-0.1, -0.05) is 90.0 Å². The topological polar surface area (TPSA) is 43.6 Å². The van der Waals surface area contributed by atoms with Gasteiger partial charge in [0.1, 0.15) is 11.2 Å². The second-order valence-electron chi connectivity index (χ2n) is 6.89. The molecule has 0 radical (unpaired) electrons. The lowest BCUT2D eigenvalue weighted by molar-refractivity contribution is 0.901. The van der Waals surface area contributed by atoms with Crippen LogP contribution in [-0.2, 0) is 0 Å². The van der Waals surface area contributed by atoms with Gasteiger partial charge in [-0.3, -0.25) is 0 Å². The number of rotatable bonds is 3. The molecule has 0 fully saturated rings. The van der Waals surface area contributed by atoms with Gasteiger partial charge in [0.25, 0.3) is 0 Å². The molecule has 0 saturated heterocycles. The molecule has 3 aromatic carbocycles. The molecule has 2 heterocycles. The maximum atomic E-state index is 6.45. The summed E-state index contributed by atoms with van der Waals surface area (Å²) in [5.74, 6) is 0. The third-order valence-electron chi connectivity index (χ3n) is 4.93. The molecule has 0 aliphatic rings. The number of nitrogens with zero attached hydrogens (tertiary/aromatic N) is 4. The number of benzene rings is 3. The van der Waals surface area contributed by atoms with Gasteiger partial charge >= 0.3 is 0 Å². The van der Waals surface area contributed by atoms with Crippen LogP contribution in [-0.4, -0.2) is 20.0 Å². The summed E-state index contributed by atoms with van der Waals surface area (Å²) in [6, 6.07) is 28.5. The van der Waals surface area contributed by atoms with Crippen molar-refractivity contribution in [3.05, 3.63) is 95.6 Å². The van der Waals surface area contributed by atoms with E-state index in [-0.39, 0.29) is 0 Å². The first-order valence-corrected chi connectivity index (χ1v) is 9.73. The lowest BCUT2D eigenvalue weighted by atomic mass is 10.0. The Morgan fingerprint density at radius 3 is 2.00 bits per heavy atom. The molecule has 5 rings (SSSR count). The van der Waals surface area contributed by atoms with Crippen LogP contribution in [0.3, 0.4) is 0 Å². The summed E-state index contributed by atoms with van der Waals surface area (Å²) in [5.41, 5.74) is 6.51. The first-order chi connectivity index (χ1) is 14.2. The fourth-order valence-corrected chi connectivity index (χ4v) is 3.68. The molecule has 29 heavy (non-hydrogen) atoms. The van der Waals surface area contributed by atoms with E-state index in [0.29, 0.717) is 10.7 Å². The minimum absolute atomic E-state index is 0.294. The van der Waals surface area contributed by atoms with Gasteiger partial charge in [0.2, 0.25) is 0 Å². The number of aromatic nitrogens is 4. The highest BCUT2D eigenvalue weighted by Gasteiger charge is 2.22. The van der Waals surface area contributed by atoms with E-state index < -0.39 is 0 Å². The Morgan fingerprint density at radius 1 is 0.724 bits per heavy atom. The van der Waals surface area contributed by atoms with Crippen molar-refractivity contribution in [3.8, 4) is 28.2 Å². The third kappa shape index (κ3) is 3.08. The molecule has 0 spiro atoms. The summed E-state index contributed by atoms with van der Waals surface area (Å²) in [6.45, 7) is 2.07. The van der Waals surface area contributed by atoms with Crippen molar-refractivity contribution in [2.45, 2.75) is 6.92 Å². The van der Waals surface area contributed by atoms with Crippen molar-refractivity contribution in [2.75, 3.05) is 0 Å². The van der Waals surface area contributed by atoms with E-state index >= 15 is 0 Å². The third-order valence-corrected chi connectivity index (χ3v) is 5.18. The Morgan fingerprint density at radius 2 is 1.34 bits per heavy atom. The Hall–Kier alpha value is -3.50. The van der Waals surface area contributed by atoms with Crippen LogP contribution in [0.15, 0.2) is 84.9 Å². The molecule has 5 aromatic rings. The summed E-state index contributed by atoms with van der Waals surface area (Å²) in [7, 11) is 0. The largest absolute Gasteiger partial charge is 0.232 e. The van der Waals surface area contributed by atoms with Crippen molar-refractivity contribution in [3.63, 3.8) is 0 Å². The van der Waals surface area contributed by atoms with E-state index in [4.69, 9.17) is 16.7 Å². The van der Waals surface area contributed by atoms with Crippen molar-refractivity contribution in [2.24, 2.45) is 0 Å². The van der Waals surface area contributed by atoms with Crippen molar-refractivity contribution >= 4 is 22.5 Å². The maximum absolute atomic E-state index is 6.45. The minimum Gasteiger partial charge on any atom is -0.232 e. The number of fused-ring (bicyclic) bond motifs is 1. The Balaban J connectivity index is 1.91. The highest BCUT2D eigenvalue weighted by atomic mass is 35.5. The molecule has 0 atom stereocenters. The smallest absolute Gasteiger partial charge is 0.179 e. The molecule has 0 aliphatic carbocycles. The molecule has 0 saturated carbocycles. The summed E-state index contributed by atoms with van der Waals surface area (Å²) in [5, 5.41) is 14.7. The molecule has 0 N–H and O–H groups in total. The van der Waals surface area contributed by atoms with Gasteiger partial charge in [0, 0.05) is 11.1 Å². The standard InChI is InChI=1S/C24H17ClN4/c1-16-12-14-19(15-13-16)29-23(18-10-6-3-7-11-18)20-21(17-8-4-2-5-9-17)26-27-24(25)22(20)28-29/h2-15H,1H3. The summed E-state index contributed by atoms with van der Waals surface area (Å²) >= 11 is 6.45. The van der Waals surface area contributed by atoms with E-state index in [9.17, 15) is 0 Å². The first kappa shape index (κ1) is 17.6. The quantitative estimate of drug-likeness (QED) is 0.369. The van der Waals surface area contributed by atoms with E-state index in [0.717, 1.165) is 33.6 Å². The Labute approximate surface area is 173 Å². The van der Waals surface area contributed by atoms with Crippen LogP contribution in [0.1, 0.15) is 5.56 Å². The molecule has 2 aromatic heterocycles. The average molecular weight is 397 g/mol. The van der Waals surface area contributed by atoms with Crippen LogP contribution < -0.4 is 0 Å². The highest BCUT2D eigenvalue weighted by Crippen LogP contribution is 2.38. The van der Waals surface area contributed by atoms with Gasteiger partial charge in [-0.05, 0) is 19.1 Å². The fourth-order valence-electron chi connectivity index (χ4n) is 3.51. The maximum Gasteiger partial charge on any atom is 0.179 e. The van der Waals surface area contributed by atoms with Gasteiger partial charge in [-0.25, -0.2) is 4.68 Å². The molecule has 0 aliphatic heterocycles. The van der Waals surface area contributed by atoms with Crippen LogP contribution in [0, 0.1) is 6.92 Å². The SMILES string of the molecule is Cc1ccc(-n2nc3c(Cl)nnc(-c4ccccc4)c3c2-c2ccccc2)cc1. The van der Waals surface area contributed by atoms with Crippen molar-refractivity contribution in [1.29, 1.82) is 0 Å². The summed E-state index contributed by atoms with van der Waals surface area (Å²) in [4.78, 5) is 0. The Bertz CT molecular complexity index is 1290. The lowest BCUT2D eigenvalue weighted by Crippen LogP contribution is -1.99. The van der Waals surface area contributed by atoms with E-state index in [2.05, 4.69) is 53.5 Å². The van der Waals surface area contributed by atoms with Crippen LogP contribution in [0.4, 0.5) is 0 Å². The second kappa shape index (κ2) is 7.15. The minimum atomic E-state index is 0.294. The molecular weight excluding hydrogens is 380 g/mol. The Kier molecular flexibility index (Phi) is 4.34. The van der Waals surface area contributed by atoms with Crippen molar-refractivity contribution < 1.29 is 0 Å². The van der Waals surface area contributed by atoms with E-state index in [1.54, 1.807) is 0 Å². The zero-order valence-corrected chi connectivity index (χ0v) is 16.5. The van der Waals surface area contributed by atoms with Crippen LogP contribution in [0.2, 0.25) is 5.15 Å². The van der Waals surface area contributed by atoms with E-state index in [1.807, 2.05) is 53.2 Å². The highest BCUT2D eigenvalue weighted by molar-refractivity contribution is 6.34. The normalized spacial score (nSPS) is 11.1. The molecule has 0 amide bonds. The van der Waals surface area contributed by atoms with Gasteiger partial charge in [-0.15, -0.1) is 10.2 Å². The molecule has 0 bridgehead atoms. The van der Waals surface area contributed by atoms with Crippen LogP contribution in [0.25, 0.3) is 39.1 Å². The van der Waals surface area contributed by atoms with Gasteiger partial charge < -0.3 is 0 Å². The number of hydrogen-bond donors (Lipinski definition) is 0. The molecule has 5 heteroatoms. The fraction of sp³-hybridized carbons (Fsp3) is 0.0417. The molecule has 0 unspecified atom stereocenters. The summed E-state index contributed by atoms with van der Waals surface area (Å²) < 4.78 is 1.93. The zero-order valence-electron chi connectivity index (χ0n) is 15.7. The number of aryl methyl sites for hydroxylation is 1. The van der Waals surface area contributed by atoms with E-state index in [1.165, 1.54) is 5.56 Å². The van der Waals surface area contributed by atoms with Gasteiger partial charge in [0.15, 0.2) is 5.15 Å². The molecule has 4 nitrogen and oxygen atoms in total. The van der Waals surface area contributed by atoms with Gasteiger partial charge in [0.05, 0.1) is 16.8 Å². The molecule has 140 valence electrons. The predicted molar refractivity (Wildman–Crippen MR) is 117 cm³/mol. The lowest BCUT2D eigenvalue weighted by Gasteiger charge is -2.10.